The Labute approximate surface area is 577 Å². The minimum absolute atomic E-state index is 0.0180. The van der Waals surface area contributed by atoms with Crippen molar-refractivity contribution >= 4 is 19.8 Å². The van der Waals surface area contributed by atoms with E-state index in [0.717, 1.165) is 154 Å². The van der Waals surface area contributed by atoms with E-state index in [-0.39, 0.29) is 32.0 Å². The lowest BCUT2D eigenvalue weighted by Gasteiger charge is -2.24. The van der Waals surface area contributed by atoms with Crippen LogP contribution in [0.4, 0.5) is 0 Å². The molecule has 0 amide bonds. The van der Waals surface area contributed by atoms with Crippen LogP contribution in [0, 0.1) is 0 Å². The van der Waals surface area contributed by atoms with Crippen molar-refractivity contribution in [3.05, 3.63) is 194 Å². The first kappa shape index (κ1) is 88.8. The van der Waals surface area contributed by atoms with Crippen molar-refractivity contribution in [1.29, 1.82) is 0 Å². The van der Waals surface area contributed by atoms with Crippen molar-refractivity contribution in [2.75, 3.05) is 47.5 Å². The molecule has 0 aliphatic carbocycles. The molecule has 0 saturated carbocycles. The SMILES string of the molecule is CC/C=C\C/C=C\C/C=C\C/C=C\C/C=C\C/C=C\C/C=C\C/C=C\C/C=C\CCCCCCCC(=O)OC(COC(=O)CCCCCCCCCCCCCCCCC/C=C\C/C=C\C/C=C\C/C=C\C/C=C\C/C=C\C/C=C\CC)COP(=O)(O)OCC[N+](C)(C)C. The molecule has 0 rings (SSSR count). The number of ether oxygens (including phenoxy) is 2. The van der Waals surface area contributed by atoms with E-state index in [2.05, 4.69) is 208 Å². The molecular weight excluding hydrogens is 1180 g/mol. The predicted molar refractivity (Wildman–Crippen MR) is 408 cm³/mol. The standard InChI is InChI=1S/C84H136NO8P/c1-6-8-10-12-14-16-18-20-22-24-26-28-30-32-34-36-38-40-41-42-43-45-46-48-50-52-54-56-58-60-62-64-66-68-70-72-74-76-83(86)90-80-82(81-92-94(88,89)91-79-78-85(3,4)5)93-84(87)77-75-73-71-69-67-65-63-61-59-57-55-53-51-49-47-44-39-37-35-33-31-29-27-25-23-21-19-17-15-13-11-9-7-2/h8-11,14-17,20-23,26-29,32-35,38-40,42-44,49,51,55,57,61,63,82H,6-7,12-13,18-19,24-25,30-31,36-37,41,45-48,50,52-54,56,58-60,62,64-81H2,1-5H3/p+1/b10-8-,11-9-,16-14-,17-15-,22-20-,23-21-,28-26-,29-27-,34-32-,35-33-,40-38-,43-42-,44-39-,51-49-,57-55-,63-61-. The summed E-state index contributed by atoms with van der Waals surface area (Å²) in [5.74, 6) is -0.829. The molecule has 2 unspecified atom stereocenters. The third-order valence-corrected chi connectivity index (χ3v) is 16.1. The Morgan fingerprint density at radius 3 is 0.851 bits per heavy atom. The number of hydrogen-bond acceptors (Lipinski definition) is 7. The van der Waals surface area contributed by atoms with Crippen LogP contribution in [0.5, 0.6) is 0 Å². The largest absolute Gasteiger partial charge is 0.472 e. The molecule has 0 aromatic rings. The number of unbranched alkanes of at least 4 members (excludes halogenated alkanes) is 20. The fourth-order valence-corrected chi connectivity index (χ4v) is 10.3. The van der Waals surface area contributed by atoms with Gasteiger partial charge in [0.2, 0.25) is 0 Å². The second kappa shape index (κ2) is 72.1. The van der Waals surface area contributed by atoms with Crippen LogP contribution in [0.3, 0.4) is 0 Å². The van der Waals surface area contributed by atoms with Crippen molar-refractivity contribution in [1.82, 2.24) is 0 Å². The zero-order valence-corrected chi connectivity index (χ0v) is 61.3. The Kier molecular flexibility index (Phi) is 68.2. The quantitative estimate of drug-likeness (QED) is 0.0211. The summed E-state index contributed by atoms with van der Waals surface area (Å²) in [5, 5.41) is 0. The molecule has 0 aliphatic rings. The maximum Gasteiger partial charge on any atom is 0.472 e. The monoisotopic (exact) mass is 1320 g/mol. The maximum absolute atomic E-state index is 12.9. The lowest BCUT2D eigenvalue weighted by Crippen LogP contribution is -2.37. The Balaban J connectivity index is 4.12. The summed E-state index contributed by atoms with van der Waals surface area (Å²) in [6.07, 6.45) is 113. The molecule has 0 spiro atoms. The zero-order chi connectivity index (χ0) is 68.3. The van der Waals surface area contributed by atoms with Crippen molar-refractivity contribution < 1.29 is 42.1 Å². The van der Waals surface area contributed by atoms with Crippen LogP contribution in [0.1, 0.15) is 271 Å². The minimum atomic E-state index is -4.41. The van der Waals surface area contributed by atoms with Gasteiger partial charge < -0.3 is 18.9 Å². The van der Waals surface area contributed by atoms with E-state index >= 15 is 0 Å². The number of quaternary nitrogens is 1. The first-order valence-electron chi connectivity index (χ1n) is 37.2. The summed E-state index contributed by atoms with van der Waals surface area (Å²) >= 11 is 0. The van der Waals surface area contributed by atoms with E-state index in [1.165, 1.54) is 83.5 Å². The van der Waals surface area contributed by atoms with Gasteiger partial charge in [-0.25, -0.2) is 4.57 Å². The molecule has 0 aromatic heterocycles. The molecule has 0 radical (unpaired) electrons. The molecule has 2 atom stereocenters. The third kappa shape index (κ3) is 75.9. The average Bonchev–Trinajstić information content (AvgIpc) is 1.56. The molecule has 0 heterocycles. The molecule has 0 aliphatic heterocycles. The number of carbonyl (C=O) groups excluding carboxylic acids is 2. The van der Waals surface area contributed by atoms with Gasteiger partial charge in [0.15, 0.2) is 6.10 Å². The zero-order valence-electron chi connectivity index (χ0n) is 60.4. The van der Waals surface area contributed by atoms with E-state index in [1.807, 2.05) is 21.1 Å². The fraction of sp³-hybridized carbons (Fsp3) is 0.595. The number of esters is 2. The van der Waals surface area contributed by atoms with Gasteiger partial charge in [-0.2, -0.15) is 0 Å². The summed E-state index contributed by atoms with van der Waals surface area (Å²) in [5.41, 5.74) is 0. The smallest absolute Gasteiger partial charge is 0.462 e. The van der Waals surface area contributed by atoms with Crippen LogP contribution < -0.4 is 0 Å². The normalized spacial score (nSPS) is 14.2. The molecular formula is C84H137NO8P+. The number of phosphoric acid groups is 1. The van der Waals surface area contributed by atoms with Crippen molar-refractivity contribution in [3.8, 4) is 0 Å². The highest BCUT2D eigenvalue weighted by molar-refractivity contribution is 7.47. The highest BCUT2D eigenvalue weighted by Crippen LogP contribution is 2.43. The van der Waals surface area contributed by atoms with Gasteiger partial charge in [-0.3, -0.25) is 18.6 Å². The summed E-state index contributed by atoms with van der Waals surface area (Å²) in [6.45, 7) is 4.17. The number of nitrogens with zero attached hydrogens (tertiary/aromatic N) is 1. The Morgan fingerprint density at radius 2 is 0.574 bits per heavy atom. The molecule has 530 valence electrons. The fourth-order valence-electron chi connectivity index (χ4n) is 9.52. The number of carbonyl (C=O) groups is 2. The molecule has 10 heteroatoms. The van der Waals surface area contributed by atoms with E-state index in [9.17, 15) is 19.0 Å². The molecule has 0 bridgehead atoms. The van der Waals surface area contributed by atoms with Gasteiger partial charge in [-0.1, -0.05) is 311 Å². The first-order valence-corrected chi connectivity index (χ1v) is 38.7. The Hall–Kier alpha value is -5.15. The second-order valence-electron chi connectivity index (χ2n) is 25.2. The summed E-state index contributed by atoms with van der Waals surface area (Å²) in [6, 6.07) is 0. The van der Waals surface area contributed by atoms with E-state index in [1.54, 1.807) is 0 Å². The van der Waals surface area contributed by atoms with Gasteiger partial charge >= 0.3 is 19.8 Å². The van der Waals surface area contributed by atoms with E-state index in [0.29, 0.717) is 17.4 Å². The lowest BCUT2D eigenvalue weighted by molar-refractivity contribution is -0.870. The topological polar surface area (TPSA) is 108 Å². The maximum atomic E-state index is 12.9. The van der Waals surface area contributed by atoms with Crippen molar-refractivity contribution in [2.45, 2.75) is 277 Å². The Morgan fingerprint density at radius 1 is 0.330 bits per heavy atom. The first-order chi connectivity index (χ1) is 46.0. The number of phosphoric ester groups is 1. The van der Waals surface area contributed by atoms with Gasteiger partial charge in [0.25, 0.3) is 0 Å². The van der Waals surface area contributed by atoms with Crippen molar-refractivity contribution in [3.63, 3.8) is 0 Å². The number of allylic oxidation sites excluding steroid dienone is 32. The molecule has 94 heavy (non-hydrogen) atoms. The lowest BCUT2D eigenvalue weighted by atomic mass is 10.0. The van der Waals surface area contributed by atoms with Crippen molar-refractivity contribution in [2.24, 2.45) is 0 Å². The third-order valence-electron chi connectivity index (χ3n) is 15.1. The van der Waals surface area contributed by atoms with Gasteiger partial charge in [-0.15, -0.1) is 0 Å². The van der Waals surface area contributed by atoms with Gasteiger partial charge in [-0.05, 0) is 141 Å². The number of rotatable bonds is 66. The van der Waals surface area contributed by atoms with E-state index in [4.69, 9.17) is 18.5 Å². The summed E-state index contributed by atoms with van der Waals surface area (Å²) in [7, 11) is 1.44. The predicted octanol–water partition coefficient (Wildman–Crippen LogP) is 24.8. The summed E-state index contributed by atoms with van der Waals surface area (Å²) in [4.78, 5) is 35.9. The van der Waals surface area contributed by atoms with Crippen LogP contribution >= 0.6 is 7.82 Å². The highest BCUT2D eigenvalue weighted by Gasteiger charge is 2.27. The number of likely N-dealkylation sites (N-methyl/N-ethyl adjacent to an activating group) is 1. The Bertz CT molecular complexity index is 2290. The molecule has 0 saturated heterocycles. The summed E-state index contributed by atoms with van der Waals surface area (Å²) < 4.78 is 34.7. The molecule has 9 nitrogen and oxygen atoms in total. The average molecular weight is 1320 g/mol. The van der Waals surface area contributed by atoms with Gasteiger partial charge in [0.1, 0.15) is 19.8 Å². The van der Waals surface area contributed by atoms with Gasteiger partial charge in [0.05, 0.1) is 27.7 Å². The minimum Gasteiger partial charge on any atom is -0.462 e. The second-order valence-corrected chi connectivity index (χ2v) is 26.7. The molecule has 0 aromatic carbocycles. The molecule has 1 N–H and O–H groups in total. The van der Waals surface area contributed by atoms with Gasteiger partial charge in [0, 0.05) is 12.8 Å². The van der Waals surface area contributed by atoms with Crippen LogP contribution in [0.2, 0.25) is 0 Å². The van der Waals surface area contributed by atoms with Crippen LogP contribution in [0.25, 0.3) is 0 Å². The van der Waals surface area contributed by atoms with Crippen LogP contribution in [-0.4, -0.2) is 74.9 Å². The molecule has 0 fully saturated rings. The highest BCUT2D eigenvalue weighted by atomic mass is 31.2. The van der Waals surface area contributed by atoms with Crippen LogP contribution in [-0.2, 0) is 32.7 Å². The van der Waals surface area contributed by atoms with E-state index < -0.39 is 26.5 Å². The van der Waals surface area contributed by atoms with Crippen LogP contribution in [0.15, 0.2) is 194 Å². The number of hydrogen-bond donors (Lipinski definition) is 1.